The third-order valence-corrected chi connectivity index (χ3v) is 4.08. The molecule has 1 aliphatic heterocycles. The van der Waals surface area contributed by atoms with E-state index < -0.39 is 28.7 Å². The number of alkyl halides is 1. The van der Waals surface area contributed by atoms with Gasteiger partial charge in [0.15, 0.2) is 0 Å². The van der Waals surface area contributed by atoms with Crippen LogP contribution in [-0.4, -0.2) is 23.3 Å². The highest BCUT2D eigenvalue weighted by Crippen LogP contribution is 2.44. The number of rotatable bonds is 1. The Kier molecular flexibility index (Phi) is 4.56. The minimum Gasteiger partial charge on any atom is -0.485 e. The Balaban J connectivity index is 2.25. The van der Waals surface area contributed by atoms with Gasteiger partial charge in [0.25, 0.3) is 0 Å². The smallest absolute Gasteiger partial charge is 0.408 e. The average molecular weight is 346 g/mol. The molecule has 0 unspecified atom stereocenters. The van der Waals surface area contributed by atoms with Gasteiger partial charge in [-0.3, -0.25) is 0 Å². The number of fused-ring (bicyclic) bond motifs is 1. The van der Waals surface area contributed by atoms with E-state index in [-0.39, 0.29) is 0 Å². The number of carbonyl (C=O) groups is 1. The quantitative estimate of drug-likeness (QED) is 0.751. The number of alkyl carbamates (subject to hydrolysis) is 1. The van der Waals surface area contributed by atoms with Crippen LogP contribution < -0.4 is 10.1 Å². The van der Waals surface area contributed by atoms with Crippen molar-refractivity contribution in [1.29, 1.82) is 0 Å². The number of carbonyl (C=O) groups excluding carboxylic acids is 1. The van der Waals surface area contributed by atoms with Crippen LogP contribution in [-0.2, 0) is 4.74 Å². The van der Waals surface area contributed by atoms with Crippen LogP contribution in [0.4, 0.5) is 4.79 Å². The van der Waals surface area contributed by atoms with E-state index in [0.29, 0.717) is 10.8 Å². The molecule has 0 radical (unpaired) electrons. The third kappa shape index (κ3) is 3.79. The lowest BCUT2D eigenvalue weighted by Crippen LogP contribution is -2.57. The van der Waals surface area contributed by atoms with Crippen molar-refractivity contribution in [2.45, 2.75) is 57.2 Å². The minimum absolute atomic E-state index is 0.449. The predicted molar refractivity (Wildman–Crippen MR) is 87.9 cm³/mol. The van der Waals surface area contributed by atoms with Crippen molar-refractivity contribution in [3.63, 3.8) is 0 Å². The second-order valence-corrected chi connectivity index (χ2v) is 7.82. The highest BCUT2D eigenvalue weighted by Gasteiger charge is 2.44. The van der Waals surface area contributed by atoms with E-state index in [2.05, 4.69) is 5.32 Å². The summed E-state index contributed by atoms with van der Waals surface area (Å²) < 4.78 is 11.3. The second-order valence-electron chi connectivity index (χ2n) is 6.91. The summed E-state index contributed by atoms with van der Waals surface area (Å²) in [6.45, 7) is 9.18. The standard InChI is InChI=1S/C16H21Cl2NO3/c1-15(2,3)22-14(20)19-13-12(18)10-8-9(17)6-7-11(10)21-16(13,4)5/h6-8,12-13H,1-5H3,(H,19,20)/t12-,13+/m0/s1. The largest absolute Gasteiger partial charge is 0.485 e. The Morgan fingerprint density at radius 1 is 1.36 bits per heavy atom. The van der Waals surface area contributed by atoms with E-state index in [9.17, 15) is 4.79 Å². The van der Waals surface area contributed by atoms with Crippen molar-refractivity contribution in [3.05, 3.63) is 28.8 Å². The molecule has 0 fully saturated rings. The lowest BCUT2D eigenvalue weighted by atomic mass is 9.88. The molecular weight excluding hydrogens is 325 g/mol. The van der Waals surface area contributed by atoms with Crippen LogP contribution in [0.2, 0.25) is 5.02 Å². The molecule has 0 bridgehead atoms. The first-order chi connectivity index (χ1) is 9.99. The van der Waals surface area contributed by atoms with E-state index in [1.165, 1.54) is 0 Å². The van der Waals surface area contributed by atoms with Crippen LogP contribution in [0.25, 0.3) is 0 Å². The van der Waals surface area contributed by atoms with E-state index in [1.807, 2.05) is 34.6 Å². The van der Waals surface area contributed by atoms with Gasteiger partial charge < -0.3 is 14.8 Å². The van der Waals surface area contributed by atoms with Gasteiger partial charge in [0.05, 0.1) is 11.4 Å². The SMILES string of the molecule is CC(C)(C)OC(=O)N[C@@H]1[C@@H](Cl)c2cc(Cl)ccc2OC1(C)C. The van der Waals surface area contributed by atoms with Crippen molar-refractivity contribution >= 4 is 29.3 Å². The van der Waals surface area contributed by atoms with Gasteiger partial charge in [-0.25, -0.2) is 4.79 Å². The van der Waals surface area contributed by atoms with Gasteiger partial charge in [0, 0.05) is 10.6 Å². The fraction of sp³-hybridized carbons (Fsp3) is 0.562. The average Bonchev–Trinajstić information content (AvgIpc) is 2.33. The van der Waals surface area contributed by atoms with E-state index in [0.717, 1.165) is 5.56 Å². The number of ether oxygens (including phenoxy) is 2. The van der Waals surface area contributed by atoms with Gasteiger partial charge in [0.1, 0.15) is 17.0 Å². The third-order valence-electron chi connectivity index (χ3n) is 3.36. The molecule has 0 saturated carbocycles. The summed E-state index contributed by atoms with van der Waals surface area (Å²) in [5, 5.41) is 2.92. The highest BCUT2D eigenvalue weighted by molar-refractivity contribution is 6.31. The normalized spacial score (nSPS) is 23.2. The van der Waals surface area contributed by atoms with Crippen LogP contribution >= 0.6 is 23.2 Å². The van der Waals surface area contributed by atoms with Crippen molar-refractivity contribution in [2.24, 2.45) is 0 Å². The molecule has 1 aromatic carbocycles. The predicted octanol–water partition coefficient (Wildman–Crippen LogP) is 4.68. The molecule has 22 heavy (non-hydrogen) atoms. The monoisotopic (exact) mass is 345 g/mol. The molecule has 2 atom stereocenters. The maximum Gasteiger partial charge on any atom is 0.408 e. The number of hydrogen-bond acceptors (Lipinski definition) is 3. The molecule has 0 aliphatic carbocycles. The summed E-state index contributed by atoms with van der Waals surface area (Å²) >= 11 is 12.6. The van der Waals surface area contributed by atoms with Crippen LogP contribution in [0, 0.1) is 0 Å². The second kappa shape index (κ2) is 5.82. The number of halogens is 2. The summed E-state index contributed by atoms with van der Waals surface area (Å²) in [5.74, 6) is 0.677. The first-order valence-electron chi connectivity index (χ1n) is 7.12. The van der Waals surface area contributed by atoms with Crippen LogP contribution in [0.15, 0.2) is 18.2 Å². The lowest BCUT2D eigenvalue weighted by Gasteiger charge is -2.43. The van der Waals surface area contributed by atoms with Crippen LogP contribution in [0.5, 0.6) is 5.75 Å². The molecule has 1 aliphatic rings. The summed E-state index contributed by atoms with van der Waals surface area (Å²) in [4.78, 5) is 12.1. The summed E-state index contributed by atoms with van der Waals surface area (Å²) in [5.41, 5.74) is -0.494. The number of amides is 1. The van der Waals surface area contributed by atoms with Gasteiger partial charge in [-0.1, -0.05) is 11.6 Å². The molecule has 0 spiro atoms. The number of nitrogens with one attached hydrogen (secondary N) is 1. The Bertz CT molecular complexity index is 581. The van der Waals surface area contributed by atoms with Gasteiger partial charge in [-0.15, -0.1) is 11.6 Å². The molecule has 1 aromatic rings. The Labute approximate surface area is 141 Å². The van der Waals surface area contributed by atoms with Gasteiger partial charge in [-0.2, -0.15) is 0 Å². The summed E-state index contributed by atoms with van der Waals surface area (Å²) in [6.07, 6.45) is -0.523. The van der Waals surface area contributed by atoms with E-state index in [1.54, 1.807) is 18.2 Å². The first-order valence-corrected chi connectivity index (χ1v) is 7.93. The van der Waals surface area contributed by atoms with Crippen molar-refractivity contribution in [1.82, 2.24) is 5.32 Å². The van der Waals surface area contributed by atoms with Crippen LogP contribution in [0.1, 0.15) is 45.6 Å². The molecular formula is C16H21Cl2NO3. The molecule has 6 heteroatoms. The summed E-state index contributed by atoms with van der Waals surface area (Å²) in [6, 6.07) is 4.85. The van der Waals surface area contributed by atoms with Gasteiger partial charge >= 0.3 is 6.09 Å². The molecule has 0 aromatic heterocycles. The number of hydrogen-bond donors (Lipinski definition) is 1. The fourth-order valence-electron chi connectivity index (χ4n) is 2.39. The fourth-order valence-corrected chi connectivity index (χ4v) is 3.11. The highest BCUT2D eigenvalue weighted by atomic mass is 35.5. The maximum atomic E-state index is 12.1. The maximum absolute atomic E-state index is 12.1. The molecule has 4 nitrogen and oxygen atoms in total. The molecule has 1 heterocycles. The Morgan fingerprint density at radius 2 is 2.00 bits per heavy atom. The zero-order valence-electron chi connectivity index (χ0n) is 13.4. The summed E-state index contributed by atoms with van der Waals surface area (Å²) in [7, 11) is 0. The molecule has 0 saturated heterocycles. The van der Waals surface area contributed by atoms with E-state index in [4.69, 9.17) is 32.7 Å². The van der Waals surface area contributed by atoms with Crippen molar-refractivity contribution in [3.8, 4) is 5.75 Å². The molecule has 122 valence electrons. The molecule has 2 rings (SSSR count). The first kappa shape index (κ1) is 17.2. The zero-order chi connectivity index (χ0) is 16.7. The number of benzene rings is 1. The van der Waals surface area contributed by atoms with Gasteiger partial charge in [-0.05, 0) is 52.8 Å². The Morgan fingerprint density at radius 3 is 2.59 bits per heavy atom. The van der Waals surface area contributed by atoms with Crippen molar-refractivity contribution in [2.75, 3.05) is 0 Å². The van der Waals surface area contributed by atoms with Crippen LogP contribution in [0.3, 0.4) is 0 Å². The Hall–Kier alpha value is -1.13. The molecule has 1 N–H and O–H groups in total. The lowest BCUT2D eigenvalue weighted by molar-refractivity contribution is 0.0207. The minimum atomic E-state index is -0.676. The van der Waals surface area contributed by atoms with Gasteiger partial charge in [0.2, 0.25) is 0 Å². The zero-order valence-corrected chi connectivity index (χ0v) is 14.9. The molecule has 1 amide bonds. The van der Waals surface area contributed by atoms with Crippen molar-refractivity contribution < 1.29 is 14.3 Å². The topological polar surface area (TPSA) is 47.6 Å². The van der Waals surface area contributed by atoms with E-state index >= 15 is 0 Å².